The number of nitrogens with zero attached hydrogens (tertiary/aromatic N) is 1. The minimum atomic E-state index is -4.27. The summed E-state index contributed by atoms with van der Waals surface area (Å²) >= 11 is 0. The van der Waals surface area contributed by atoms with E-state index in [2.05, 4.69) is 26.5 Å². The fraction of sp³-hybridized carbons (Fsp3) is 0.909. The van der Waals surface area contributed by atoms with Gasteiger partial charge in [0.1, 0.15) is 12.3 Å². The zero-order valence-corrected chi connectivity index (χ0v) is 19.2. The Morgan fingerprint density at radius 1 is 0.969 bits per heavy atom. The Balaban J connectivity index is 1.62. The number of carbonyl (C=O) groups excluding carboxylic acids is 1. The van der Waals surface area contributed by atoms with Crippen molar-refractivity contribution in [2.45, 2.75) is 109 Å². The van der Waals surface area contributed by atoms with Crippen molar-refractivity contribution in [2.75, 3.05) is 0 Å². The molecule has 3 rings (SSSR count). The molecule has 2 aliphatic carbocycles. The molecular weight excluding hydrogens is 426 g/mol. The van der Waals surface area contributed by atoms with E-state index in [-0.39, 0.29) is 31.0 Å². The van der Waals surface area contributed by atoms with Crippen molar-refractivity contribution >= 4 is 11.9 Å². The van der Waals surface area contributed by atoms with Gasteiger partial charge in [0.15, 0.2) is 5.96 Å². The second-order valence-electron chi connectivity index (χ2n) is 10.6. The summed E-state index contributed by atoms with van der Waals surface area (Å²) in [4.78, 5) is 17.4. The lowest BCUT2D eigenvalue weighted by molar-refractivity contribution is -0.186. The number of carbonyl (C=O) groups is 1. The average Bonchev–Trinajstić information content (AvgIpc) is 3.15. The van der Waals surface area contributed by atoms with Crippen molar-refractivity contribution in [2.24, 2.45) is 22.7 Å². The van der Waals surface area contributed by atoms with Crippen LogP contribution in [0, 0.1) is 17.8 Å². The van der Waals surface area contributed by atoms with Gasteiger partial charge in [0.25, 0.3) is 0 Å². The molecule has 3 fully saturated rings. The first-order valence-electron chi connectivity index (χ1n) is 11.8. The van der Waals surface area contributed by atoms with Gasteiger partial charge in [0.05, 0.1) is 5.92 Å². The number of amides is 1. The van der Waals surface area contributed by atoms with Crippen molar-refractivity contribution in [3.05, 3.63) is 0 Å². The lowest BCUT2D eigenvalue weighted by Gasteiger charge is -2.31. The van der Waals surface area contributed by atoms with Crippen molar-refractivity contribution < 1.29 is 22.4 Å². The van der Waals surface area contributed by atoms with Gasteiger partial charge >= 0.3 is 6.18 Å². The highest BCUT2D eigenvalue weighted by Gasteiger charge is 2.43. The molecule has 0 aromatic carbocycles. The maximum Gasteiger partial charge on any atom is 0.391 e. The van der Waals surface area contributed by atoms with Gasteiger partial charge in [-0.3, -0.25) is 15.5 Å². The number of hydrogen-bond acceptors (Lipinski definition) is 4. The molecule has 4 atom stereocenters. The quantitative estimate of drug-likeness (QED) is 0.291. The van der Waals surface area contributed by atoms with E-state index in [1.54, 1.807) is 0 Å². The predicted octanol–water partition coefficient (Wildman–Crippen LogP) is 3.94. The molecule has 2 saturated carbocycles. The average molecular weight is 464 g/mol. The van der Waals surface area contributed by atoms with Crippen molar-refractivity contribution in [3.8, 4) is 0 Å². The summed E-state index contributed by atoms with van der Waals surface area (Å²) in [6, 6.07) is 0.175. The number of rotatable bonds is 3. The molecule has 32 heavy (non-hydrogen) atoms. The Hall–Kier alpha value is -1.42. The van der Waals surface area contributed by atoms with E-state index in [0.29, 0.717) is 38.0 Å². The third kappa shape index (κ3) is 7.30. The molecule has 0 bridgehead atoms. The molecule has 1 aliphatic heterocycles. The molecule has 10 heteroatoms. The molecule has 184 valence electrons. The second-order valence-corrected chi connectivity index (χ2v) is 10.6. The van der Waals surface area contributed by atoms with Crippen LogP contribution < -0.4 is 21.5 Å². The highest BCUT2D eigenvalue weighted by atomic mass is 19.4. The van der Waals surface area contributed by atoms with E-state index < -0.39 is 35.6 Å². The van der Waals surface area contributed by atoms with Crippen LogP contribution >= 0.6 is 0 Å². The summed E-state index contributed by atoms with van der Waals surface area (Å²) in [5.41, 5.74) is 6.00. The molecule has 1 amide bonds. The molecule has 0 spiro atoms. The summed E-state index contributed by atoms with van der Waals surface area (Å²) in [6.07, 6.45) is -0.978. The van der Waals surface area contributed by atoms with Crippen LogP contribution in [0.15, 0.2) is 4.99 Å². The third-order valence-corrected chi connectivity index (χ3v) is 6.71. The first kappa shape index (κ1) is 25.2. The summed E-state index contributed by atoms with van der Waals surface area (Å²) in [5.74, 6) is -1.88. The van der Waals surface area contributed by atoms with E-state index in [1.807, 2.05) is 20.8 Å². The molecule has 4 N–H and O–H groups in total. The summed E-state index contributed by atoms with van der Waals surface area (Å²) in [6.45, 7) is 5.77. The minimum Gasteiger partial charge on any atom is -0.351 e. The maximum absolute atomic E-state index is 13.4. The van der Waals surface area contributed by atoms with Crippen molar-refractivity contribution in [1.82, 2.24) is 21.5 Å². The van der Waals surface area contributed by atoms with Gasteiger partial charge in [-0.25, -0.2) is 14.8 Å². The smallest absolute Gasteiger partial charge is 0.351 e. The fourth-order valence-electron chi connectivity index (χ4n) is 4.99. The van der Waals surface area contributed by atoms with Gasteiger partial charge in [-0.05, 0) is 71.6 Å². The second kappa shape index (κ2) is 10.2. The molecular formula is C22H37F4N5O. The Bertz CT molecular complexity index is 670. The van der Waals surface area contributed by atoms with Gasteiger partial charge in [-0.15, -0.1) is 0 Å². The Morgan fingerprint density at radius 3 is 2.28 bits per heavy atom. The molecule has 1 heterocycles. The molecule has 3 aliphatic rings. The van der Waals surface area contributed by atoms with Crippen LogP contribution in [0.3, 0.4) is 0 Å². The Kier molecular flexibility index (Phi) is 8.06. The van der Waals surface area contributed by atoms with E-state index >= 15 is 0 Å². The maximum atomic E-state index is 13.4. The zero-order chi connectivity index (χ0) is 23.5. The lowest BCUT2D eigenvalue weighted by Crippen LogP contribution is -2.52. The molecule has 6 nitrogen and oxygen atoms in total. The Morgan fingerprint density at radius 2 is 1.66 bits per heavy atom. The standard InChI is InChI=1S/C22H37F4N5O/c1-21(2,3)29-20(28-19(32)14-5-4-6-15(11-14)22(24,25)26)27-18-12-17(30-31-18)13-7-9-16(23)10-8-13/h13-18,30-31H,4-12H2,1-3H3,(H2,27,28,29,32). The molecule has 1 saturated heterocycles. The van der Waals surface area contributed by atoms with Crippen LogP contribution in [0.4, 0.5) is 17.6 Å². The minimum absolute atomic E-state index is 0.0812. The summed E-state index contributed by atoms with van der Waals surface area (Å²) < 4.78 is 52.9. The van der Waals surface area contributed by atoms with Crippen LogP contribution in [-0.4, -0.2) is 42.0 Å². The highest BCUT2D eigenvalue weighted by molar-refractivity contribution is 5.98. The van der Waals surface area contributed by atoms with E-state index in [1.165, 1.54) is 0 Å². The number of alkyl halides is 4. The summed E-state index contributed by atoms with van der Waals surface area (Å²) in [5, 5.41) is 5.93. The number of aliphatic imine (C=N–C) groups is 1. The van der Waals surface area contributed by atoms with Crippen LogP contribution in [0.5, 0.6) is 0 Å². The van der Waals surface area contributed by atoms with Gasteiger partial charge in [-0.1, -0.05) is 6.42 Å². The van der Waals surface area contributed by atoms with E-state index in [9.17, 15) is 22.4 Å². The van der Waals surface area contributed by atoms with Gasteiger partial charge in [0.2, 0.25) is 5.91 Å². The highest BCUT2D eigenvalue weighted by Crippen LogP contribution is 2.40. The topological polar surface area (TPSA) is 77.6 Å². The zero-order valence-electron chi connectivity index (χ0n) is 19.2. The lowest BCUT2D eigenvalue weighted by atomic mass is 9.80. The normalized spacial score (nSPS) is 34.9. The van der Waals surface area contributed by atoms with E-state index in [0.717, 1.165) is 12.8 Å². The van der Waals surface area contributed by atoms with Crippen LogP contribution in [0.25, 0.3) is 0 Å². The molecule has 0 radical (unpaired) electrons. The first-order valence-corrected chi connectivity index (χ1v) is 11.8. The predicted molar refractivity (Wildman–Crippen MR) is 115 cm³/mol. The van der Waals surface area contributed by atoms with Gasteiger partial charge < -0.3 is 5.32 Å². The number of nitrogens with one attached hydrogen (secondary N) is 4. The number of guanidine groups is 1. The van der Waals surface area contributed by atoms with Crippen LogP contribution in [0.2, 0.25) is 0 Å². The van der Waals surface area contributed by atoms with E-state index in [4.69, 9.17) is 0 Å². The Labute approximate surface area is 187 Å². The fourth-order valence-corrected chi connectivity index (χ4v) is 4.99. The first-order chi connectivity index (χ1) is 14.9. The summed E-state index contributed by atoms with van der Waals surface area (Å²) in [7, 11) is 0. The number of hydrogen-bond donors (Lipinski definition) is 4. The van der Waals surface area contributed by atoms with Crippen LogP contribution in [-0.2, 0) is 4.79 Å². The van der Waals surface area contributed by atoms with Crippen molar-refractivity contribution in [1.29, 1.82) is 0 Å². The largest absolute Gasteiger partial charge is 0.391 e. The monoisotopic (exact) mass is 463 g/mol. The SMILES string of the molecule is CC(C)(C)N/C(=N\C1CC(C2CCC(F)CC2)NN1)NC(=O)C1CCCC(C(F)(F)F)C1. The van der Waals surface area contributed by atoms with Crippen LogP contribution in [0.1, 0.15) is 78.6 Å². The van der Waals surface area contributed by atoms with Crippen molar-refractivity contribution in [3.63, 3.8) is 0 Å². The van der Waals surface area contributed by atoms with Gasteiger partial charge in [0, 0.05) is 23.9 Å². The number of hydrazine groups is 1. The third-order valence-electron chi connectivity index (χ3n) is 6.71. The number of halogens is 4. The van der Waals surface area contributed by atoms with Gasteiger partial charge in [-0.2, -0.15) is 13.2 Å². The molecule has 4 unspecified atom stereocenters. The molecule has 0 aromatic rings. The molecule has 0 aromatic heterocycles.